The quantitative estimate of drug-likeness (QED) is 0.433. The topological polar surface area (TPSA) is 81.9 Å². The Morgan fingerprint density at radius 2 is 2.54 bits per heavy atom. The lowest BCUT2D eigenvalue weighted by molar-refractivity contribution is 0.276. The lowest BCUT2D eigenvalue weighted by atomic mass is 10.1. The highest BCUT2D eigenvalue weighted by Crippen LogP contribution is 2.19. The van der Waals surface area contributed by atoms with Crippen molar-refractivity contribution in [2.45, 2.75) is 12.5 Å². The molecule has 0 amide bonds. The van der Waals surface area contributed by atoms with Gasteiger partial charge in [-0.1, -0.05) is 11.2 Å². The van der Waals surface area contributed by atoms with Gasteiger partial charge in [-0.05, 0) is 23.6 Å². The third kappa shape index (κ3) is 2.74. The molecule has 1 heterocycles. The molecule has 0 saturated carbocycles. The minimum absolute atomic E-state index is 0.00141. The van der Waals surface area contributed by atoms with Crippen molar-refractivity contribution in [2.24, 2.45) is 5.11 Å². The van der Waals surface area contributed by atoms with Crippen LogP contribution in [0.15, 0.2) is 29.6 Å². The van der Waals surface area contributed by atoms with Crippen molar-refractivity contribution in [3.05, 3.63) is 40.5 Å². The predicted octanol–water partition coefficient (Wildman–Crippen LogP) is 1.82. The molecule has 0 spiro atoms. The summed E-state index contributed by atoms with van der Waals surface area (Å²) in [6.45, 7) is -0.00141. The molecule has 0 aromatic carbocycles. The summed E-state index contributed by atoms with van der Waals surface area (Å²) in [5, 5.41) is 12.3. The van der Waals surface area contributed by atoms with E-state index in [-0.39, 0.29) is 12.6 Å². The van der Waals surface area contributed by atoms with Crippen LogP contribution in [-0.2, 0) is 0 Å². The normalized spacial score (nSPS) is 11.8. The average molecular weight is 178 g/mol. The molecule has 0 radical (unpaired) electrons. The van der Waals surface area contributed by atoms with E-state index in [0.29, 0.717) is 6.42 Å². The Kier molecular flexibility index (Phi) is 3.75. The zero-order valence-corrected chi connectivity index (χ0v) is 7.04. The number of azide groups is 1. The summed E-state index contributed by atoms with van der Waals surface area (Å²) >= 11 is 0. The first-order chi connectivity index (χ1) is 6.38. The van der Waals surface area contributed by atoms with Gasteiger partial charge in [0.25, 0.3) is 0 Å². The lowest BCUT2D eigenvalue weighted by Gasteiger charge is -2.07. The minimum Gasteiger partial charge on any atom is -0.396 e. The van der Waals surface area contributed by atoms with Gasteiger partial charge in [0.2, 0.25) is 0 Å². The molecular weight excluding hydrogens is 168 g/mol. The average Bonchev–Trinajstić information content (AvgIpc) is 2.19. The molecule has 13 heavy (non-hydrogen) atoms. The molecule has 0 fully saturated rings. The molecule has 5 heteroatoms. The molecule has 0 aliphatic rings. The fourth-order valence-corrected chi connectivity index (χ4v) is 1.05. The second-order valence-electron chi connectivity index (χ2n) is 2.52. The number of rotatable bonds is 4. The maximum atomic E-state index is 8.72. The Hall–Kier alpha value is -1.58. The molecule has 5 nitrogen and oxygen atoms in total. The first-order valence-corrected chi connectivity index (χ1v) is 3.93. The monoisotopic (exact) mass is 178 g/mol. The van der Waals surface area contributed by atoms with Crippen LogP contribution in [0, 0.1) is 0 Å². The van der Waals surface area contributed by atoms with Gasteiger partial charge in [-0.25, -0.2) is 0 Å². The van der Waals surface area contributed by atoms with E-state index >= 15 is 0 Å². The number of hydrogen-bond donors (Lipinski definition) is 1. The predicted molar refractivity (Wildman–Crippen MR) is 47.8 cm³/mol. The van der Waals surface area contributed by atoms with Crippen LogP contribution in [0.1, 0.15) is 18.0 Å². The van der Waals surface area contributed by atoms with Crippen molar-refractivity contribution in [2.75, 3.05) is 6.61 Å². The molecule has 0 bridgehead atoms. The van der Waals surface area contributed by atoms with Gasteiger partial charge in [0, 0.05) is 23.9 Å². The molecule has 1 aromatic rings. The standard InChI is InChI=1S/C8H10N4O/c9-12-11-8(3-5-13)7-2-1-4-10-6-7/h1-2,4,6,8,13H,3,5H2. The summed E-state index contributed by atoms with van der Waals surface area (Å²) in [6.07, 6.45) is 3.71. The molecule has 1 aromatic heterocycles. The van der Waals surface area contributed by atoms with Gasteiger partial charge in [-0.3, -0.25) is 4.98 Å². The lowest BCUT2D eigenvalue weighted by Crippen LogP contribution is -1.97. The van der Waals surface area contributed by atoms with E-state index in [1.54, 1.807) is 18.5 Å². The van der Waals surface area contributed by atoms with Crippen LogP contribution < -0.4 is 0 Å². The molecule has 68 valence electrons. The smallest absolute Gasteiger partial charge is 0.0662 e. The third-order valence-electron chi connectivity index (χ3n) is 1.66. The maximum Gasteiger partial charge on any atom is 0.0662 e. The van der Waals surface area contributed by atoms with E-state index in [4.69, 9.17) is 10.6 Å². The molecule has 1 unspecified atom stereocenters. The summed E-state index contributed by atoms with van der Waals surface area (Å²) in [4.78, 5) is 6.62. The van der Waals surface area contributed by atoms with Crippen molar-refractivity contribution < 1.29 is 5.11 Å². The zero-order chi connectivity index (χ0) is 9.52. The van der Waals surface area contributed by atoms with Crippen molar-refractivity contribution in [1.82, 2.24) is 4.98 Å². The van der Waals surface area contributed by atoms with Gasteiger partial charge < -0.3 is 5.11 Å². The van der Waals surface area contributed by atoms with Gasteiger partial charge in [0.05, 0.1) is 6.04 Å². The van der Waals surface area contributed by atoms with Crippen molar-refractivity contribution in [3.63, 3.8) is 0 Å². The Bertz CT molecular complexity index is 294. The van der Waals surface area contributed by atoms with Crippen LogP contribution in [0.5, 0.6) is 0 Å². The molecule has 0 aliphatic heterocycles. The number of aliphatic hydroxyl groups is 1. The second-order valence-corrected chi connectivity index (χ2v) is 2.52. The van der Waals surface area contributed by atoms with Crippen LogP contribution >= 0.6 is 0 Å². The molecule has 1 N–H and O–H groups in total. The largest absolute Gasteiger partial charge is 0.396 e. The molecular formula is C8H10N4O. The third-order valence-corrected chi connectivity index (χ3v) is 1.66. The number of aliphatic hydroxyl groups excluding tert-OH is 1. The molecule has 1 atom stereocenters. The summed E-state index contributed by atoms with van der Waals surface area (Å²) in [5.74, 6) is 0. The minimum atomic E-state index is -0.316. The van der Waals surface area contributed by atoms with E-state index in [1.165, 1.54) is 0 Å². The van der Waals surface area contributed by atoms with Gasteiger partial charge in [-0.2, -0.15) is 0 Å². The maximum absolute atomic E-state index is 8.72. The van der Waals surface area contributed by atoms with Crippen LogP contribution in [0.3, 0.4) is 0 Å². The summed E-state index contributed by atoms with van der Waals surface area (Å²) < 4.78 is 0. The highest BCUT2D eigenvalue weighted by atomic mass is 16.3. The summed E-state index contributed by atoms with van der Waals surface area (Å²) in [7, 11) is 0. The number of pyridine rings is 1. The molecule has 0 aliphatic carbocycles. The summed E-state index contributed by atoms with van der Waals surface area (Å²) in [6, 6.07) is 3.28. The number of nitrogens with zero attached hydrogens (tertiary/aromatic N) is 4. The molecule has 1 rings (SSSR count). The Morgan fingerprint density at radius 1 is 1.69 bits per heavy atom. The van der Waals surface area contributed by atoms with Gasteiger partial charge in [0.1, 0.15) is 0 Å². The zero-order valence-electron chi connectivity index (χ0n) is 7.04. The van der Waals surface area contributed by atoms with E-state index < -0.39 is 0 Å². The highest BCUT2D eigenvalue weighted by molar-refractivity contribution is 5.13. The second kappa shape index (κ2) is 5.13. The van der Waals surface area contributed by atoms with Crippen LogP contribution in [-0.4, -0.2) is 16.7 Å². The first-order valence-electron chi connectivity index (χ1n) is 3.93. The van der Waals surface area contributed by atoms with Gasteiger partial charge in [-0.15, -0.1) is 0 Å². The van der Waals surface area contributed by atoms with Crippen molar-refractivity contribution >= 4 is 0 Å². The van der Waals surface area contributed by atoms with E-state index in [9.17, 15) is 0 Å². The van der Waals surface area contributed by atoms with E-state index in [2.05, 4.69) is 15.0 Å². The Balaban J connectivity index is 2.81. The number of aromatic nitrogens is 1. The van der Waals surface area contributed by atoms with E-state index in [1.807, 2.05) is 6.07 Å². The van der Waals surface area contributed by atoms with E-state index in [0.717, 1.165) is 5.56 Å². The van der Waals surface area contributed by atoms with Gasteiger partial charge in [0.15, 0.2) is 0 Å². The Morgan fingerprint density at radius 3 is 3.08 bits per heavy atom. The van der Waals surface area contributed by atoms with Gasteiger partial charge >= 0.3 is 0 Å². The fraction of sp³-hybridized carbons (Fsp3) is 0.375. The fourth-order valence-electron chi connectivity index (χ4n) is 1.05. The van der Waals surface area contributed by atoms with Crippen LogP contribution in [0.4, 0.5) is 0 Å². The first kappa shape index (κ1) is 9.51. The Labute approximate surface area is 75.7 Å². The van der Waals surface area contributed by atoms with Crippen molar-refractivity contribution in [1.29, 1.82) is 0 Å². The SMILES string of the molecule is [N-]=[N+]=NC(CCO)c1cccnc1. The highest BCUT2D eigenvalue weighted by Gasteiger charge is 2.07. The van der Waals surface area contributed by atoms with Crippen LogP contribution in [0.2, 0.25) is 0 Å². The van der Waals surface area contributed by atoms with Crippen LogP contribution in [0.25, 0.3) is 10.4 Å². The van der Waals surface area contributed by atoms with Crippen molar-refractivity contribution in [3.8, 4) is 0 Å². The summed E-state index contributed by atoms with van der Waals surface area (Å²) in [5.41, 5.74) is 9.11. The number of hydrogen-bond acceptors (Lipinski definition) is 3. The molecule has 0 saturated heterocycles.